The average molecular weight is 309 g/mol. The van der Waals surface area contributed by atoms with Gasteiger partial charge in [-0.25, -0.2) is 4.39 Å². The maximum absolute atomic E-state index is 14.5. The second-order valence-corrected chi connectivity index (χ2v) is 8.27. The third-order valence-corrected chi connectivity index (χ3v) is 6.88. The third-order valence-electron chi connectivity index (χ3n) is 6.88. The molecule has 2 fully saturated rings. The highest BCUT2D eigenvalue weighted by molar-refractivity contribution is 5.31. The van der Waals surface area contributed by atoms with Crippen LogP contribution in [0.1, 0.15) is 65.2 Å². The van der Waals surface area contributed by atoms with E-state index in [1.165, 1.54) is 0 Å². The summed E-state index contributed by atoms with van der Waals surface area (Å²) in [5, 5.41) is 11.9. The van der Waals surface area contributed by atoms with Crippen molar-refractivity contribution < 1.29 is 9.50 Å². The molecular formula is C19H32FNO. The number of aliphatic hydroxyl groups is 1. The molecule has 0 aromatic carbocycles. The van der Waals surface area contributed by atoms with Gasteiger partial charge in [0, 0.05) is 11.3 Å². The Hall–Kier alpha value is -0.410. The first-order valence-electron chi connectivity index (χ1n) is 9.20. The Kier molecular flexibility index (Phi) is 4.41. The van der Waals surface area contributed by atoms with E-state index in [-0.39, 0.29) is 17.2 Å². The number of allylic oxidation sites excluding steroid dienone is 1. The largest absolute Gasteiger partial charge is 0.388 e. The van der Waals surface area contributed by atoms with Gasteiger partial charge in [-0.15, -0.1) is 0 Å². The lowest BCUT2D eigenvalue weighted by molar-refractivity contribution is -0.143. The topological polar surface area (TPSA) is 23.5 Å². The van der Waals surface area contributed by atoms with Gasteiger partial charge in [-0.1, -0.05) is 20.3 Å². The van der Waals surface area contributed by atoms with Crippen LogP contribution in [0.3, 0.4) is 0 Å². The van der Waals surface area contributed by atoms with E-state index in [1.807, 2.05) is 0 Å². The Morgan fingerprint density at radius 3 is 2.59 bits per heavy atom. The maximum Gasteiger partial charge on any atom is 0.0995 e. The van der Waals surface area contributed by atoms with Crippen molar-refractivity contribution >= 4 is 0 Å². The van der Waals surface area contributed by atoms with E-state index >= 15 is 0 Å². The predicted molar refractivity (Wildman–Crippen MR) is 88.3 cm³/mol. The van der Waals surface area contributed by atoms with Crippen molar-refractivity contribution in [1.82, 2.24) is 4.90 Å². The molecule has 0 amide bonds. The Balaban J connectivity index is 1.98. The minimum atomic E-state index is -0.697. The lowest BCUT2D eigenvalue weighted by Gasteiger charge is -2.50. The zero-order chi connectivity index (χ0) is 16.0. The molecule has 0 aromatic rings. The van der Waals surface area contributed by atoms with Crippen LogP contribution in [0.4, 0.5) is 4.39 Å². The molecule has 0 bridgehead atoms. The highest BCUT2D eigenvalue weighted by Crippen LogP contribution is 2.63. The first kappa shape index (κ1) is 16.4. The van der Waals surface area contributed by atoms with Crippen LogP contribution >= 0.6 is 0 Å². The first-order chi connectivity index (χ1) is 10.4. The van der Waals surface area contributed by atoms with Crippen molar-refractivity contribution in [2.24, 2.45) is 17.3 Å². The molecule has 3 aliphatic rings. The summed E-state index contributed by atoms with van der Waals surface area (Å²) in [6.45, 7) is 6.54. The molecule has 0 aromatic heterocycles. The van der Waals surface area contributed by atoms with Gasteiger partial charge in [0.15, 0.2) is 0 Å². The van der Waals surface area contributed by atoms with E-state index in [4.69, 9.17) is 0 Å². The molecule has 0 radical (unpaired) electrons. The van der Waals surface area contributed by atoms with Gasteiger partial charge in [0.1, 0.15) is 0 Å². The summed E-state index contributed by atoms with van der Waals surface area (Å²) in [5.74, 6) is 0.502. The molecule has 1 saturated heterocycles. The van der Waals surface area contributed by atoms with Crippen LogP contribution in [-0.4, -0.2) is 35.7 Å². The van der Waals surface area contributed by atoms with Gasteiger partial charge in [0.2, 0.25) is 0 Å². The fourth-order valence-electron chi connectivity index (χ4n) is 5.74. The van der Waals surface area contributed by atoms with Gasteiger partial charge in [-0.05, 0) is 76.6 Å². The van der Waals surface area contributed by atoms with Crippen LogP contribution in [-0.2, 0) is 0 Å². The number of likely N-dealkylation sites (tertiary alicyclic amines) is 1. The molecule has 126 valence electrons. The molecule has 1 saturated carbocycles. The number of hydrogen-bond acceptors (Lipinski definition) is 2. The van der Waals surface area contributed by atoms with Crippen molar-refractivity contribution in [3.8, 4) is 0 Å². The summed E-state index contributed by atoms with van der Waals surface area (Å²) < 4.78 is 14.5. The standard InChI is InChI=1S/C19H32FNO/c1-4-10-18(2)13-15-16(6-5-7-17(15)20)19(18,22)14-8-11-21(3)12-9-14/h14,16,22H,4-13H2,1-3H3. The van der Waals surface area contributed by atoms with Crippen LogP contribution in [0.25, 0.3) is 0 Å². The smallest absolute Gasteiger partial charge is 0.0995 e. The van der Waals surface area contributed by atoms with Crippen LogP contribution in [0.5, 0.6) is 0 Å². The summed E-state index contributed by atoms with van der Waals surface area (Å²) in [4.78, 5) is 2.35. The number of halogens is 1. The van der Waals surface area contributed by atoms with Crippen LogP contribution in [0, 0.1) is 17.3 Å². The number of nitrogens with zero attached hydrogens (tertiary/aromatic N) is 1. The highest BCUT2D eigenvalue weighted by atomic mass is 19.1. The van der Waals surface area contributed by atoms with E-state index < -0.39 is 5.60 Å². The van der Waals surface area contributed by atoms with Crippen LogP contribution in [0.15, 0.2) is 11.4 Å². The van der Waals surface area contributed by atoms with E-state index in [9.17, 15) is 9.50 Å². The Morgan fingerprint density at radius 2 is 1.95 bits per heavy atom. The SMILES string of the molecule is CCCC1(C)CC2=C(F)CCCC2C1(O)C1CCN(C)CC1. The Bertz CT molecular complexity index is 454. The summed E-state index contributed by atoms with van der Waals surface area (Å²) in [6, 6.07) is 0. The molecule has 1 heterocycles. The normalized spacial score (nSPS) is 41.0. The zero-order valence-corrected chi connectivity index (χ0v) is 14.5. The van der Waals surface area contributed by atoms with Crippen molar-refractivity contribution in [2.75, 3.05) is 20.1 Å². The Morgan fingerprint density at radius 1 is 1.27 bits per heavy atom. The fraction of sp³-hybridized carbons (Fsp3) is 0.895. The molecule has 3 rings (SSSR count). The van der Waals surface area contributed by atoms with Gasteiger partial charge >= 0.3 is 0 Å². The van der Waals surface area contributed by atoms with Crippen LogP contribution in [0.2, 0.25) is 0 Å². The molecule has 1 aliphatic heterocycles. The predicted octanol–water partition coefficient (Wildman–Crippen LogP) is 4.29. The molecule has 3 atom stereocenters. The first-order valence-corrected chi connectivity index (χ1v) is 9.20. The number of fused-ring (bicyclic) bond motifs is 1. The van der Waals surface area contributed by atoms with Gasteiger partial charge in [0.25, 0.3) is 0 Å². The zero-order valence-electron chi connectivity index (χ0n) is 14.5. The molecule has 22 heavy (non-hydrogen) atoms. The molecule has 0 spiro atoms. The van der Waals surface area contributed by atoms with Gasteiger partial charge in [-0.2, -0.15) is 0 Å². The lowest BCUT2D eigenvalue weighted by atomic mass is 9.60. The summed E-state index contributed by atoms with van der Waals surface area (Å²) in [7, 11) is 2.16. The Labute approximate surface area is 134 Å². The van der Waals surface area contributed by atoms with Crippen molar-refractivity contribution in [2.45, 2.75) is 70.8 Å². The van der Waals surface area contributed by atoms with E-state index in [1.54, 1.807) is 0 Å². The average Bonchev–Trinajstić information content (AvgIpc) is 2.71. The minimum absolute atomic E-state index is 0.0752. The van der Waals surface area contributed by atoms with E-state index in [2.05, 4.69) is 25.8 Å². The molecule has 3 unspecified atom stereocenters. The van der Waals surface area contributed by atoms with E-state index in [0.29, 0.717) is 12.3 Å². The van der Waals surface area contributed by atoms with Gasteiger partial charge in [0.05, 0.1) is 11.4 Å². The van der Waals surface area contributed by atoms with Crippen molar-refractivity contribution in [3.63, 3.8) is 0 Å². The second-order valence-electron chi connectivity index (χ2n) is 8.27. The molecule has 2 aliphatic carbocycles. The maximum atomic E-state index is 14.5. The molecule has 2 nitrogen and oxygen atoms in total. The number of hydrogen-bond donors (Lipinski definition) is 1. The molecular weight excluding hydrogens is 277 g/mol. The number of piperidine rings is 1. The quantitative estimate of drug-likeness (QED) is 0.840. The van der Waals surface area contributed by atoms with Crippen molar-refractivity contribution in [3.05, 3.63) is 11.4 Å². The van der Waals surface area contributed by atoms with Crippen LogP contribution < -0.4 is 0 Å². The third kappa shape index (κ3) is 2.36. The molecule has 3 heteroatoms. The van der Waals surface area contributed by atoms with Gasteiger partial charge < -0.3 is 10.0 Å². The van der Waals surface area contributed by atoms with Gasteiger partial charge in [-0.3, -0.25) is 0 Å². The van der Waals surface area contributed by atoms with E-state index in [0.717, 1.165) is 63.6 Å². The lowest BCUT2D eigenvalue weighted by Crippen LogP contribution is -2.55. The fourth-order valence-corrected chi connectivity index (χ4v) is 5.74. The monoisotopic (exact) mass is 309 g/mol. The summed E-state index contributed by atoms with van der Waals surface area (Å²) >= 11 is 0. The summed E-state index contributed by atoms with van der Waals surface area (Å²) in [5.41, 5.74) is 0.130. The molecule has 1 N–H and O–H groups in total. The van der Waals surface area contributed by atoms with Crippen molar-refractivity contribution in [1.29, 1.82) is 0 Å². The number of rotatable bonds is 3. The summed E-state index contributed by atoms with van der Waals surface area (Å²) in [6.07, 6.45) is 7.42. The highest BCUT2D eigenvalue weighted by Gasteiger charge is 2.62. The second kappa shape index (κ2) is 5.90. The minimum Gasteiger partial charge on any atom is -0.388 e.